The highest BCUT2D eigenvalue weighted by molar-refractivity contribution is 7.99. The highest BCUT2D eigenvalue weighted by Crippen LogP contribution is 2.29. The second kappa shape index (κ2) is 9.12. The van der Waals surface area contributed by atoms with Crippen LogP contribution in [0, 0.1) is 6.92 Å². The second-order valence-corrected chi connectivity index (χ2v) is 7.17. The van der Waals surface area contributed by atoms with E-state index >= 15 is 0 Å². The lowest BCUT2D eigenvalue weighted by atomic mass is 10.2. The number of anilines is 1. The summed E-state index contributed by atoms with van der Waals surface area (Å²) in [6, 6.07) is 12.7. The van der Waals surface area contributed by atoms with Gasteiger partial charge < -0.3 is 14.5 Å². The van der Waals surface area contributed by atoms with E-state index in [0.717, 1.165) is 23.1 Å². The molecule has 0 aliphatic rings. The molecule has 9 heteroatoms. The van der Waals surface area contributed by atoms with Gasteiger partial charge >= 0.3 is 0 Å². The zero-order valence-electron chi connectivity index (χ0n) is 14.2. The van der Waals surface area contributed by atoms with Crippen molar-refractivity contribution in [1.82, 2.24) is 10.2 Å². The predicted molar refractivity (Wildman–Crippen MR) is 106 cm³/mol. The summed E-state index contributed by atoms with van der Waals surface area (Å²) in [5.74, 6) is 0.908. The zero-order chi connectivity index (χ0) is 19.2. The van der Waals surface area contributed by atoms with Gasteiger partial charge in [0.15, 0.2) is 6.61 Å². The van der Waals surface area contributed by atoms with E-state index in [0.29, 0.717) is 21.6 Å². The van der Waals surface area contributed by atoms with Gasteiger partial charge in [0.1, 0.15) is 5.75 Å². The molecule has 2 aromatic carbocycles. The van der Waals surface area contributed by atoms with Gasteiger partial charge in [0, 0.05) is 0 Å². The average molecular weight is 424 g/mol. The average Bonchev–Trinajstić information content (AvgIpc) is 3.11. The number of hydrogen-bond acceptors (Lipinski definition) is 6. The first-order valence-electron chi connectivity index (χ1n) is 7.90. The first-order valence-corrected chi connectivity index (χ1v) is 9.64. The number of carbonyl (C=O) groups is 1. The number of nitrogens with one attached hydrogen (secondary N) is 1. The molecule has 1 heterocycles. The number of benzene rings is 2. The van der Waals surface area contributed by atoms with E-state index in [4.69, 9.17) is 32.4 Å². The number of nitrogens with zero attached hydrogens (tertiary/aromatic N) is 2. The van der Waals surface area contributed by atoms with Crippen LogP contribution in [0.5, 0.6) is 5.75 Å². The summed E-state index contributed by atoms with van der Waals surface area (Å²) < 4.78 is 11.1. The smallest absolute Gasteiger partial charge is 0.277 e. The van der Waals surface area contributed by atoms with Crippen LogP contribution in [0.3, 0.4) is 0 Å². The van der Waals surface area contributed by atoms with E-state index in [1.807, 2.05) is 31.2 Å². The fourth-order valence-electron chi connectivity index (χ4n) is 2.13. The maximum Gasteiger partial charge on any atom is 0.277 e. The first kappa shape index (κ1) is 19.5. The molecular formula is C18H15Cl2N3O3S. The lowest BCUT2D eigenvalue weighted by Gasteiger charge is -2.07. The van der Waals surface area contributed by atoms with E-state index in [9.17, 15) is 4.79 Å². The van der Waals surface area contributed by atoms with Crippen molar-refractivity contribution in [2.75, 3.05) is 11.1 Å². The van der Waals surface area contributed by atoms with Crippen LogP contribution >= 0.6 is 35.0 Å². The lowest BCUT2D eigenvalue weighted by Crippen LogP contribution is -2.14. The van der Waals surface area contributed by atoms with Gasteiger partial charge in [0.25, 0.3) is 11.1 Å². The highest BCUT2D eigenvalue weighted by atomic mass is 35.5. The van der Waals surface area contributed by atoms with Gasteiger partial charge in [0.05, 0.1) is 21.5 Å². The van der Waals surface area contributed by atoms with Crippen LogP contribution in [0.1, 0.15) is 11.5 Å². The number of rotatable bonds is 7. The minimum atomic E-state index is -0.264. The van der Waals surface area contributed by atoms with Crippen LogP contribution in [0.4, 0.5) is 5.69 Å². The molecule has 0 saturated heterocycles. The summed E-state index contributed by atoms with van der Waals surface area (Å²) in [5.41, 5.74) is 1.47. The highest BCUT2D eigenvalue weighted by Gasteiger charge is 2.12. The van der Waals surface area contributed by atoms with Crippen molar-refractivity contribution in [2.24, 2.45) is 0 Å². The third-order valence-corrected chi connectivity index (χ3v) is 5.08. The molecular weight excluding hydrogens is 409 g/mol. The number of hydrogen-bond donors (Lipinski definition) is 1. The van der Waals surface area contributed by atoms with E-state index in [1.165, 1.54) is 0 Å². The fourth-order valence-corrected chi connectivity index (χ4v) is 3.05. The Morgan fingerprint density at radius 1 is 1.19 bits per heavy atom. The normalized spacial score (nSPS) is 10.6. The molecule has 1 amide bonds. The predicted octanol–water partition coefficient (Wildman–Crippen LogP) is 4.99. The Balaban J connectivity index is 1.50. The summed E-state index contributed by atoms with van der Waals surface area (Å²) >= 11 is 13.1. The Kier molecular flexibility index (Phi) is 6.60. The molecule has 0 aliphatic heterocycles. The van der Waals surface area contributed by atoms with Gasteiger partial charge in [-0.05, 0) is 30.7 Å². The molecule has 1 aromatic heterocycles. The van der Waals surface area contributed by atoms with Crippen LogP contribution in [0.25, 0.3) is 0 Å². The van der Waals surface area contributed by atoms with Crippen LogP contribution in [-0.4, -0.2) is 21.9 Å². The minimum absolute atomic E-state index is 0.0864. The molecule has 1 N–H and O–H groups in total. The van der Waals surface area contributed by atoms with Crippen LogP contribution in [0.15, 0.2) is 52.1 Å². The van der Waals surface area contributed by atoms with Crippen molar-refractivity contribution in [3.8, 4) is 5.75 Å². The topological polar surface area (TPSA) is 77.2 Å². The van der Waals surface area contributed by atoms with E-state index in [1.54, 1.807) is 18.2 Å². The Morgan fingerprint density at radius 3 is 2.81 bits per heavy atom. The molecule has 0 spiro atoms. The molecule has 3 aromatic rings. The van der Waals surface area contributed by atoms with E-state index in [2.05, 4.69) is 15.5 Å². The van der Waals surface area contributed by atoms with Gasteiger partial charge in [-0.1, -0.05) is 59.2 Å². The van der Waals surface area contributed by atoms with Crippen molar-refractivity contribution >= 4 is 46.6 Å². The molecule has 0 radical (unpaired) electrons. The molecule has 0 saturated carbocycles. The van der Waals surface area contributed by atoms with Gasteiger partial charge in [-0.25, -0.2) is 0 Å². The zero-order valence-corrected chi connectivity index (χ0v) is 16.6. The number of aryl methyl sites for hydroxylation is 1. The Morgan fingerprint density at radius 2 is 2.00 bits per heavy atom. The van der Waals surface area contributed by atoms with Gasteiger partial charge in [-0.2, -0.15) is 0 Å². The number of ether oxygens (including phenoxy) is 1. The van der Waals surface area contributed by atoms with Gasteiger partial charge in [0.2, 0.25) is 5.91 Å². The summed E-state index contributed by atoms with van der Waals surface area (Å²) in [6.45, 7) is 2.11. The van der Waals surface area contributed by atoms with Gasteiger partial charge in [-0.3, -0.25) is 4.79 Å². The summed E-state index contributed by atoms with van der Waals surface area (Å²) in [4.78, 5) is 12.1. The van der Waals surface area contributed by atoms with E-state index < -0.39 is 0 Å². The van der Waals surface area contributed by atoms with Crippen LogP contribution in [-0.2, 0) is 11.4 Å². The third kappa shape index (κ3) is 5.38. The summed E-state index contributed by atoms with van der Waals surface area (Å²) in [6.07, 6.45) is 0. The summed E-state index contributed by atoms with van der Waals surface area (Å²) in [5, 5.41) is 11.5. The number of halogens is 2. The molecule has 27 heavy (non-hydrogen) atoms. The monoisotopic (exact) mass is 423 g/mol. The SMILES string of the molecule is Cc1ccccc1OCc1nnc(SCC(=O)Nc2cccc(Cl)c2Cl)o1. The molecule has 0 bridgehead atoms. The molecule has 0 fully saturated rings. The number of amides is 1. The molecule has 0 unspecified atom stereocenters. The number of carbonyl (C=O) groups excluding carboxylic acids is 1. The standard InChI is InChI=1S/C18H15Cl2N3O3S/c1-11-5-2-3-8-14(11)25-9-16-22-23-18(26-16)27-10-15(24)21-13-7-4-6-12(19)17(13)20/h2-8H,9-10H2,1H3,(H,21,24). The van der Waals surface area contributed by atoms with Crippen molar-refractivity contribution in [3.05, 3.63) is 64.0 Å². The van der Waals surface area contributed by atoms with Crippen LogP contribution in [0.2, 0.25) is 10.0 Å². The molecule has 6 nitrogen and oxygen atoms in total. The molecule has 0 aliphatic carbocycles. The van der Waals surface area contributed by atoms with Crippen molar-refractivity contribution < 1.29 is 13.9 Å². The van der Waals surface area contributed by atoms with Crippen molar-refractivity contribution in [3.63, 3.8) is 0 Å². The molecule has 0 atom stereocenters. The van der Waals surface area contributed by atoms with Gasteiger partial charge in [-0.15, -0.1) is 10.2 Å². The quantitative estimate of drug-likeness (QED) is 0.539. The summed E-state index contributed by atoms with van der Waals surface area (Å²) in [7, 11) is 0. The minimum Gasteiger partial charge on any atom is -0.484 e. The Labute approximate surface area is 170 Å². The lowest BCUT2D eigenvalue weighted by molar-refractivity contribution is -0.113. The van der Waals surface area contributed by atoms with E-state index in [-0.39, 0.29) is 23.5 Å². The number of aromatic nitrogens is 2. The fraction of sp³-hybridized carbons (Fsp3) is 0.167. The van der Waals surface area contributed by atoms with Crippen molar-refractivity contribution in [1.29, 1.82) is 0 Å². The van der Waals surface area contributed by atoms with Crippen molar-refractivity contribution in [2.45, 2.75) is 18.8 Å². The molecule has 3 rings (SSSR count). The third-order valence-electron chi connectivity index (χ3n) is 3.45. The first-order chi connectivity index (χ1) is 13.0. The Hall–Kier alpha value is -2.22. The number of thioether (sulfide) groups is 1. The second-order valence-electron chi connectivity index (χ2n) is 5.45. The maximum absolute atomic E-state index is 12.1. The van der Waals surface area contributed by atoms with Crippen LogP contribution < -0.4 is 10.1 Å². The number of para-hydroxylation sites is 1. The molecule has 140 valence electrons. The maximum atomic E-state index is 12.1. The largest absolute Gasteiger partial charge is 0.484 e. The Bertz CT molecular complexity index is 949.